The maximum atomic E-state index is 11.5. The van der Waals surface area contributed by atoms with Crippen LogP contribution >= 0.6 is 0 Å². The quantitative estimate of drug-likeness (QED) is 0.511. The number of H-pyrrole nitrogens is 1. The lowest BCUT2D eigenvalue weighted by molar-refractivity contribution is 0.101. The second-order valence-corrected chi connectivity index (χ2v) is 7.63. The summed E-state index contributed by atoms with van der Waals surface area (Å²) in [7, 11) is 5.12. The number of nitrogens with zero attached hydrogens (tertiary/aromatic N) is 2. The van der Waals surface area contributed by atoms with Crippen LogP contribution in [-0.4, -0.2) is 61.1 Å². The van der Waals surface area contributed by atoms with E-state index in [0.29, 0.717) is 30.4 Å². The number of aromatic nitrogens is 2. The van der Waals surface area contributed by atoms with E-state index in [2.05, 4.69) is 20.5 Å². The van der Waals surface area contributed by atoms with E-state index in [-0.39, 0.29) is 0 Å². The van der Waals surface area contributed by atoms with E-state index in [1.807, 2.05) is 49.5 Å². The zero-order valence-corrected chi connectivity index (χ0v) is 17.2. The van der Waals surface area contributed by atoms with Gasteiger partial charge in [0.25, 0.3) is 0 Å². The van der Waals surface area contributed by atoms with Gasteiger partial charge < -0.3 is 35.1 Å². The highest BCUT2D eigenvalue weighted by Gasteiger charge is 2.57. The number of hydrogen-bond donors (Lipinski definition) is 4. The van der Waals surface area contributed by atoms with Crippen molar-refractivity contribution in [3.8, 4) is 11.5 Å². The number of hydrogen-bond acceptors (Lipinski definition) is 7. The molecule has 1 saturated heterocycles. The Bertz CT molecular complexity index is 1080. The molecular formula is C22H25N5O3. The third kappa shape index (κ3) is 2.57. The van der Waals surface area contributed by atoms with Gasteiger partial charge in [0.1, 0.15) is 34.8 Å². The van der Waals surface area contributed by atoms with Crippen LogP contribution in [0.3, 0.4) is 0 Å². The molecule has 0 aliphatic carbocycles. The van der Waals surface area contributed by atoms with Crippen LogP contribution in [0.4, 0.5) is 5.69 Å². The fourth-order valence-corrected chi connectivity index (χ4v) is 4.47. The summed E-state index contributed by atoms with van der Waals surface area (Å²) in [4.78, 5) is 10.3. The van der Waals surface area contributed by atoms with Crippen LogP contribution in [-0.2, 0) is 0 Å². The smallest absolute Gasteiger partial charge is 0.140 e. The van der Waals surface area contributed by atoms with E-state index in [4.69, 9.17) is 14.5 Å². The van der Waals surface area contributed by atoms with Gasteiger partial charge in [0.15, 0.2) is 0 Å². The highest BCUT2D eigenvalue weighted by Crippen LogP contribution is 2.47. The number of aromatic amines is 1. The van der Waals surface area contributed by atoms with Crippen LogP contribution in [0.1, 0.15) is 5.82 Å². The van der Waals surface area contributed by atoms with Crippen molar-refractivity contribution in [3.05, 3.63) is 54.1 Å². The molecule has 5 rings (SSSR count). The Morgan fingerprint density at radius 3 is 2.40 bits per heavy atom. The first-order valence-corrected chi connectivity index (χ1v) is 9.90. The first-order chi connectivity index (χ1) is 14.6. The van der Waals surface area contributed by atoms with Gasteiger partial charge in [-0.1, -0.05) is 12.1 Å². The topological polar surface area (TPSA) is 94.7 Å². The van der Waals surface area contributed by atoms with Crippen molar-refractivity contribution in [3.63, 3.8) is 0 Å². The van der Waals surface area contributed by atoms with Crippen molar-refractivity contribution in [2.75, 3.05) is 39.3 Å². The van der Waals surface area contributed by atoms with Crippen LogP contribution in [0.15, 0.2) is 48.3 Å². The maximum Gasteiger partial charge on any atom is 0.140 e. The molecule has 0 bridgehead atoms. The lowest BCUT2D eigenvalue weighted by atomic mass is 9.83. The van der Waals surface area contributed by atoms with E-state index >= 15 is 0 Å². The summed E-state index contributed by atoms with van der Waals surface area (Å²) in [5, 5.41) is 18.2. The Labute approximate surface area is 174 Å². The number of methoxy groups -OCH3 is 2. The molecule has 8 nitrogen and oxygen atoms in total. The number of ether oxygens (including phenoxy) is 2. The SMILES string of the molecule is CNC1=C(c2nc3ccccc3[nH]2)C(O)C2(CNC2)N1c1cc(OC)cc(OC)c1. The van der Waals surface area contributed by atoms with Gasteiger partial charge in [-0.05, 0) is 12.1 Å². The van der Waals surface area contributed by atoms with Crippen LogP contribution in [0, 0.1) is 0 Å². The molecular weight excluding hydrogens is 382 g/mol. The van der Waals surface area contributed by atoms with E-state index in [1.165, 1.54) is 0 Å². The first kappa shape index (κ1) is 18.8. The second kappa shape index (κ2) is 6.93. The minimum atomic E-state index is -0.737. The van der Waals surface area contributed by atoms with Crippen molar-refractivity contribution in [2.45, 2.75) is 11.6 Å². The molecule has 8 heteroatoms. The Balaban J connectivity index is 1.71. The van der Waals surface area contributed by atoms with Gasteiger partial charge in [-0.3, -0.25) is 0 Å². The monoisotopic (exact) mass is 407 g/mol. The van der Waals surface area contributed by atoms with E-state index in [9.17, 15) is 5.11 Å². The van der Waals surface area contributed by atoms with Crippen molar-refractivity contribution in [1.82, 2.24) is 20.6 Å². The molecule has 2 aliphatic heterocycles. The summed E-state index contributed by atoms with van der Waals surface area (Å²) in [6.45, 7) is 1.28. The molecule has 1 fully saturated rings. The van der Waals surface area contributed by atoms with Crippen molar-refractivity contribution < 1.29 is 14.6 Å². The Hall–Kier alpha value is -3.23. The Morgan fingerprint density at radius 2 is 1.83 bits per heavy atom. The first-order valence-electron chi connectivity index (χ1n) is 9.90. The molecule has 30 heavy (non-hydrogen) atoms. The summed E-state index contributed by atoms with van der Waals surface area (Å²) in [5.74, 6) is 2.85. The molecule has 2 aliphatic rings. The molecule has 2 aromatic carbocycles. The minimum absolute atomic E-state index is 0.524. The summed E-state index contributed by atoms with van der Waals surface area (Å²) in [5.41, 5.74) is 2.90. The fourth-order valence-electron chi connectivity index (χ4n) is 4.47. The lowest BCUT2D eigenvalue weighted by Crippen LogP contribution is -2.72. The van der Waals surface area contributed by atoms with Crippen LogP contribution in [0.2, 0.25) is 0 Å². The molecule has 1 unspecified atom stereocenters. The largest absolute Gasteiger partial charge is 0.497 e. The van der Waals surface area contributed by atoms with E-state index < -0.39 is 11.6 Å². The lowest BCUT2D eigenvalue weighted by Gasteiger charge is -2.50. The molecule has 1 aromatic heterocycles. The molecule has 156 valence electrons. The number of imidazole rings is 1. The molecule has 4 N–H and O–H groups in total. The highest BCUT2D eigenvalue weighted by molar-refractivity contribution is 5.85. The highest BCUT2D eigenvalue weighted by atomic mass is 16.5. The molecule has 3 aromatic rings. The van der Waals surface area contributed by atoms with E-state index in [1.54, 1.807) is 14.2 Å². The van der Waals surface area contributed by atoms with Crippen molar-refractivity contribution in [1.29, 1.82) is 0 Å². The van der Waals surface area contributed by atoms with Crippen LogP contribution in [0.25, 0.3) is 16.6 Å². The van der Waals surface area contributed by atoms with Gasteiger partial charge >= 0.3 is 0 Å². The Kier molecular flexibility index (Phi) is 4.34. The second-order valence-electron chi connectivity index (χ2n) is 7.63. The molecule has 0 saturated carbocycles. The zero-order valence-electron chi connectivity index (χ0n) is 17.2. The summed E-state index contributed by atoms with van der Waals surface area (Å²) in [6.07, 6.45) is -0.737. The molecule has 1 atom stereocenters. The van der Waals surface area contributed by atoms with Gasteiger partial charge in [-0.15, -0.1) is 0 Å². The molecule has 0 amide bonds. The number of anilines is 1. The average molecular weight is 407 g/mol. The van der Waals surface area contributed by atoms with Crippen LogP contribution in [0.5, 0.6) is 11.5 Å². The zero-order chi connectivity index (χ0) is 20.9. The van der Waals surface area contributed by atoms with Crippen LogP contribution < -0.4 is 25.0 Å². The average Bonchev–Trinajstić information content (AvgIpc) is 3.28. The standard InChI is InChI=1S/C22H25N5O3/c1-23-21-18(20-25-16-6-4-5-7-17(16)26-20)19(28)22(11-24-12-22)27(21)13-8-14(29-2)10-15(9-13)30-3/h4-10,19,23-24,28H,11-12H2,1-3H3,(H,25,26). The number of aliphatic hydroxyl groups is 1. The summed E-state index contributed by atoms with van der Waals surface area (Å²) >= 11 is 0. The van der Waals surface area contributed by atoms with Gasteiger partial charge in [-0.2, -0.15) is 0 Å². The minimum Gasteiger partial charge on any atom is -0.497 e. The number of para-hydroxylation sites is 2. The molecule has 0 radical (unpaired) electrons. The van der Waals surface area contributed by atoms with Crippen molar-refractivity contribution >= 4 is 22.3 Å². The third-order valence-corrected chi connectivity index (χ3v) is 6.04. The maximum absolute atomic E-state index is 11.5. The number of nitrogens with one attached hydrogen (secondary N) is 3. The summed E-state index contributed by atoms with van der Waals surface area (Å²) < 4.78 is 11.0. The fraction of sp³-hybridized carbons (Fsp3) is 0.318. The van der Waals surface area contributed by atoms with Gasteiger partial charge in [-0.25, -0.2) is 4.98 Å². The number of aliphatic hydroxyl groups excluding tert-OH is 1. The third-order valence-electron chi connectivity index (χ3n) is 6.04. The van der Waals surface area contributed by atoms with Gasteiger partial charge in [0.05, 0.1) is 36.5 Å². The normalized spacial score (nSPS) is 20.0. The Morgan fingerprint density at radius 1 is 1.13 bits per heavy atom. The molecule has 1 spiro atoms. The predicted octanol–water partition coefficient (Wildman–Crippen LogP) is 1.69. The number of fused-ring (bicyclic) bond motifs is 1. The number of benzene rings is 2. The van der Waals surface area contributed by atoms with Gasteiger partial charge in [0.2, 0.25) is 0 Å². The molecule has 3 heterocycles. The van der Waals surface area contributed by atoms with Crippen molar-refractivity contribution in [2.24, 2.45) is 0 Å². The van der Waals surface area contributed by atoms with E-state index in [0.717, 1.165) is 28.1 Å². The summed E-state index contributed by atoms with van der Waals surface area (Å²) in [6, 6.07) is 13.6. The number of rotatable bonds is 5. The van der Waals surface area contributed by atoms with Gasteiger partial charge in [0, 0.05) is 38.3 Å². The predicted molar refractivity (Wildman–Crippen MR) is 116 cm³/mol.